The van der Waals surface area contributed by atoms with Gasteiger partial charge in [0.1, 0.15) is 6.61 Å². The zero-order valence-electron chi connectivity index (χ0n) is 62.8. The van der Waals surface area contributed by atoms with Gasteiger partial charge in [0.2, 0.25) is 0 Å². The highest BCUT2D eigenvalue weighted by Gasteiger charge is 2.26. The van der Waals surface area contributed by atoms with E-state index in [0.717, 1.165) is 32.1 Å². The van der Waals surface area contributed by atoms with Crippen LogP contribution in [0.1, 0.15) is 476 Å². The van der Waals surface area contributed by atoms with Crippen LogP contribution >= 0.6 is 7.82 Å². The van der Waals surface area contributed by atoms with E-state index in [-0.39, 0.29) is 38.6 Å². The third-order valence-electron chi connectivity index (χ3n) is 19.7. The number of nitrogens with two attached hydrogens (primary N) is 1. The van der Waals surface area contributed by atoms with Crippen molar-refractivity contribution in [3.05, 3.63) is 12.2 Å². The second kappa shape index (κ2) is 79.7. The number of rotatable bonds is 82. The van der Waals surface area contributed by atoms with Gasteiger partial charge in [-0.15, -0.1) is 0 Å². The van der Waals surface area contributed by atoms with Crippen LogP contribution in [0.4, 0.5) is 0 Å². The van der Waals surface area contributed by atoms with Gasteiger partial charge in [-0.2, -0.15) is 0 Å². The van der Waals surface area contributed by atoms with E-state index in [0.29, 0.717) is 6.42 Å². The molecular weight excluding hydrogens is 1170 g/mol. The lowest BCUT2D eigenvalue weighted by Gasteiger charge is -2.19. The van der Waals surface area contributed by atoms with Gasteiger partial charge in [0.05, 0.1) is 13.2 Å². The number of phosphoric acid groups is 1. The average Bonchev–Trinajstić information content (AvgIpc) is 3.32. The van der Waals surface area contributed by atoms with Crippen LogP contribution in [0.3, 0.4) is 0 Å². The topological polar surface area (TPSA) is 134 Å². The number of allylic oxidation sites excluding steroid dienone is 2. The summed E-state index contributed by atoms with van der Waals surface area (Å²) < 4.78 is 33.3. The molecule has 2 atom stereocenters. The Kier molecular flexibility index (Phi) is 78.7. The molecule has 0 saturated heterocycles. The minimum Gasteiger partial charge on any atom is -0.462 e. The Hall–Kier alpha value is -1.25. The van der Waals surface area contributed by atoms with Gasteiger partial charge in [-0.3, -0.25) is 18.6 Å². The molecule has 2 unspecified atom stereocenters. The predicted octanol–water partition coefficient (Wildman–Crippen LogP) is 28.2. The van der Waals surface area contributed by atoms with E-state index in [1.54, 1.807) is 0 Å². The highest BCUT2D eigenvalue weighted by molar-refractivity contribution is 7.47. The Bertz CT molecular complexity index is 1530. The molecule has 0 aromatic heterocycles. The summed E-state index contributed by atoms with van der Waals surface area (Å²) in [4.78, 5) is 35.5. The minimum absolute atomic E-state index is 0.0581. The SMILES string of the molecule is CCCCCCCCCC/C=C\CCCCCCCCCCCCCCCCCCCCCCCC(=O)OC(COC(=O)CCCCCCCCCCCCCCCCCCCCCCCCCCCCCCCCCCCCCCCCC)COP(=O)(O)OCCN. The maximum Gasteiger partial charge on any atom is 0.472 e. The second-order valence-electron chi connectivity index (χ2n) is 29.1. The number of unbranched alkanes of at least 4 members (excludes halogenated alkanes) is 67. The van der Waals surface area contributed by atoms with Crippen molar-refractivity contribution in [1.82, 2.24) is 0 Å². The molecule has 10 heteroatoms. The predicted molar refractivity (Wildman–Crippen MR) is 405 cm³/mol. The van der Waals surface area contributed by atoms with E-state index in [4.69, 9.17) is 24.3 Å². The second-order valence-corrected chi connectivity index (χ2v) is 30.5. The number of hydrogen-bond donors (Lipinski definition) is 2. The molecule has 9 nitrogen and oxygen atoms in total. The van der Waals surface area contributed by atoms with E-state index in [1.807, 2.05) is 0 Å². The van der Waals surface area contributed by atoms with Gasteiger partial charge in [0.25, 0.3) is 0 Å². The van der Waals surface area contributed by atoms with Gasteiger partial charge in [-0.25, -0.2) is 4.57 Å². The standard InChI is InChI=1S/C83H164NO8P/c1-3-5-7-9-11-13-15-17-19-21-23-25-27-29-31-33-35-37-38-39-40-41-42-44-45-47-49-51-53-55-57-59-61-63-65-67-69-71-73-75-82(85)89-79-81(80-91-93(87,88)90-78-77-84)92-83(86)76-74-72-70-68-66-64-62-60-58-56-54-52-50-48-46-43-36-34-32-30-28-26-24-22-20-18-16-14-12-10-8-6-4-2/h22,24,81H,3-21,23,25-80,84H2,1-2H3,(H,87,88)/b24-22-. The monoisotopic (exact) mass is 1330 g/mol. The fourth-order valence-electron chi connectivity index (χ4n) is 13.4. The first kappa shape index (κ1) is 91.8. The van der Waals surface area contributed by atoms with Crippen molar-refractivity contribution in [2.75, 3.05) is 26.4 Å². The molecule has 0 radical (unpaired) electrons. The third-order valence-corrected chi connectivity index (χ3v) is 20.6. The quantitative estimate of drug-likeness (QED) is 0.0264. The number of ether oxygens (including phenoxy) is 2. The first-order chi connectivity index (χ1) is 45.8. The van der Waals surface area contributed by atoms with Crippen LogP contribution in [0.15, 0.2) is 12.2 Å². The Balaban J connectivity index is 3.70. The summed E-state index contributed by atoms with van der Waals surface area (Å²) in [5, 5.41) is 0. The fourth-order valence-corrected chi connectivity index (χ4v) is 14.2. The van der Waals surface area contributed by atoms with Crippen LogP contribution in [-0.2, 0) is 32.7 Å². The normalized spacial score (nSPS) is 12.8. The van der Waals surface area contributed by atoms with Crippen molar-refractivity contribution in [3.8, 4) is 0 Å². The van der Waals surface area contributed by atoms with Crippen LogP contribution in [0, 0.1) is 0 Å². The third kappa shape index (κ3) is 79.6. The number of carbonyl (C=O) groups excluding carboxylic acids is 2. The summed E-state index contributed by atoms with van der Waals surface area (Å²) in [5.74, 6) is -0.796. The molecule has 0 aromatic carbocycles. The lowest BCUT2D eigenvalue weighted by molar-refractivity contribution is -0.161. The van der Waals surface area contributed by atoms with Crippen LogP contribution in [-0.4, -0.2) is 49.3 Å². The molecule has 93 heavy (non-hydrogen) atoms. The summed E-state index contributed by atoms with van der Waals surface area (Å²) in [5.41, 5.74) is 5.42. The first-order valence-corrected chi connectivity index (χ1v) is 43.7. The minimum atomic E-state index is -4.39. The number of esters is 2. The van der Waals surface area contributed by atoms with Gasteiger partial charge >= 0.3 is 19.8 Å². The Morgan fingerprint density at radius 3 is 0.763 bits per heavy atom. The van der Waals surface area contributed by atoms with Crippen LogP contribution in [0.25, 0.3) is 0 Å². The van der Waals surface area contributed by atoms with Crippen molar-refractivity contribution in [3.63, 3.8) is 0 Å². The molecule has 0 aliphatic heterocycles. The molecule has 0 spiro atoms. The highest BCUT2D eigenvalue weighted by Crippen LogP contribution is 2.43. The van der Waals surface area contributed by atoms with E-state index in [2.05, 4.69) is 26.0 Å². The van der Waals surface area contributed by atoms with E-state index >= 15 is 0 Å². The zero-order chi connectivity index (χ0) is 67.2. The van der Waals surface area contributed by atoms with Crippen LogP contribution in [0.5, 0.6) is 0 Å². The molecule has 0 aliphatic carbocycles. The average molecular weight is 1340 g/mol. The van der Waals surface area contributed by atoms with Crippen molar-refractivity contribution >= 4 is 19.8 Å². The van der Waals surface area contributed by atoms with Gasteiger partial charge in [0.15, 0.2) is 6.10 Å². The van der Waals surface area contributed by atoms with Gasteiger partial charge in [-0.1, -0.05) is 437 Å². The smallest absolute Gasteiger partial charge is 0.462 e. The lowest BCUT2D eigenvalue weighted by Crippen LogP contribution is -2.29. The number of carbonyl (C=O) groups is 2. The van der Waals surface area contributed by atoms with Gasteiger partial charge in [-0.05, 0) is 38.5 Å². The summed E-state index contributed by atoms with van der Waals surface area (Å²) in [6.07, 6.45) is 99.6. The molecule has 0 aromatic rings. The van der Waals surface area contributed by atoms with Crippen molar-refractivity contribution < 1.29 is 37.6 Å². The molecular formula is C83H164NO8P. The maximum absolute atomic E-state index is 12.8. The Morgan fingerprint density at radius 2 is 0.527 bits per heavy atom. The largest absolute Gasteiger partial charge is 0.472 e. The molecule has 554 valence electrons. The summed E-state index contributed by atoms with van der Waals surface area (Å²) in [6.45, 7) is 3.85. The van der Waals surface area contributed by atoms with Gasteiger partial charge < -0.3 is 20.1 Å². The molecule has 0 saturated carbocycles. The number of phosphoric ester groups is 1. The Labute approximate surface area is 580 Å². The molecule has 0 aliphatic rings. The molecule has 0 rings (SSSR count). The molecule has 3 N–H and O–H groups in total. The Morgan fingerprint density at radius 1 is 0.312 bits per heavy atom. The zero-order valence-corrected chi connectivity index (χ0v) is 63.7. The molecule has 0 fully saturated rings. The molecule has 0 bridgehead atoms. The number of hydrogen-bond acceptors (Lipinski definition) is 8. The highest BCUT2D eigenvalue weighted by atomic mass is 31.2. The fraction of sp³-hybridized carbons (Fsp3) is 0.952. The van der Waals surface area contributed by atoms with Gasteiger partial charge in [0, 0.05) is 19.4 Å². The van der Waals surface area contributed by atoms with Crippen LogP contribution < -0.4 is 5.73 Å². The molecule has 0 heterocycles. The van der Waals surface area contributed by atoms with E-state index in [9.17, 15) is 19.0 Å². The summed E-state index contributed by atoms with van der Waals surface area (Å²) >= 11 is 0. The first-order valence-electron chi connectivity index (χ1n) is 42.2. The lowest BCUT2D eigenvalue weighted by atomic mass is 10.0. The maximum atomic E-state index is 12.8. The van der Waals surface area contributed by atoms with Crippen molar-refractivity contribution in [2.24, 2.45) is 5.73 Å². The summed E-state index contributed by atoms with van der Waals surface area (Å²) in [7, 11) is -4.39. The van der Waals surface area contributed by atoms with Crippen molar-refractivity contribution in [2.45, 2.75) is 482 Å². The summed E-state index contributed by atoms with van der Waals surface area (Å²) in [6, 6.07) is 0. The molecule has 0 amide bonds. The van der Waals surface area contributed by atoms with Crippen molar-refractivity contribution in [1.29, 1.82) is 0 Å². The van der Waals surface area contributed by atoms with E-state index in [1.165, 1.54) is 411 Å². The van der Waals surface area contributed by atoms with E-state index < -0.39 is 26.5 Å². The van der Waals surface area contributed by atoms with Crippen LogP contribution in [0.2, 0.25) is 0 Å².